The van der Waals surface area contributed by atoms with E-state index in [9.17, 15) is 18.9 Å². The molecule has 0 amide bonds. The van der Waals surface area contributed by atoms with Gasteiger partial charge in [0, 0.05) is 18.1 Å². The highest BCUT2D eigenvalue weighted by atomic mass is 79.9. The zero-order chi connectivity index (χ0) is 11.8. The van der Waals surface area contributed by atoms with Gasteiger partial charge < -0.3 is 0 Å². The standard InChI is InChI=1S/C9H8BrF2NO2/c1-5-3-4-6(9(2,11)12)7(10)8(5)13(14)15/h3-4H,1-2H3. The van der Waals surface area contributed by atoms with E-state index in [2.05, 4.69) is 15.9 Å². The molecule has 0 spiro atoms. The molecule has 6 heteroatoms. The molecule has 0 saturated carbocycles. The summed E-state index contributed by atoms with van der Waals surface area (Å²) in [7, 11) is 0. The summed E-state index contributed by atoms with van der Waals surface area (Å²) >= 11 is 2.85. The summed E-state index contributed by atoms with van der Waals surface area (Å²) in [5.74, 6) is -3.10. The number of nitrogens with zero attached hydrogens (tertiary/aromatic N) is 1. The minimum Gasteiger partial charge on any atom is -0.258 e. The van der Waals surface area contributed by atoms with E-state index < -0.39 is 10.8 Å². The van der Waals surface area contributed by atoms with Crippen molar-refractivity contribution in [1.82, 2.24) is 0 Å². The van der Waals surface area contributed by atoms with E-state index in [1.807, 2.05) is 0 Å². The summed E-state index contributed by atoms with van der Waals surface area (Å²) in [6, 6.07) is 2.50. The highest BCUT2D eigenvalue weighted by Gasteiger charge is 2.31. The molecule has 0 aliphatic rings. The molecule has 1 rings (SSSR count). The molecule has 3 nitrogen and oxygen atoms in total. The van der Waals surface area contributed by atoms with Gasteiger partial charge in [-0.15, -0.1) is 0 Å². The first kappa shape index (κ1) is 12.0. The number of halogens is 3. The van der Waals surface area contributed by atoms with Gasteiger partial charge in [-0.1, -0.05) is 12.1 Å². The topological polar surface area (TPSA) is 43.1 Å². The van der Waals surface area contributed by atoms with Crippen molar-refractivity contribution in [1.29, 1.82) is 0 Å². The van der Waals surface area contributed by atoms with Gasteiger partial charge in [0.25, 0.3) is 11.6 Å². The van der Waals surface area contributed by atoms with E-state index in [0.717, 1.165) is 0 Å². The zero-order valence-electron chi connectivity index (χ0n) is 8.05. The molecule has 0 radical (unpaired) electrons. The van der Waals surface area contributed by atoms with Crippen molar-refractivity contribution in [2.45, 2.75) is 19.8 Å². The predicted molar refractivity (Wildman–Crippen MR) is 55.1 cm³/mol. The maximum Gasteiger partial charge on any atom is 0.286 e. The number of rotatable bonds is 2. The van der Waals surface area contributed by atoms with Crippen LogP contribution in [-0.4, -0.2) is 4.92 Å². The fourth-order valence-electron chi connectivity index (χ4n) is 1.22. The molecule has 1 aromatic rings. The SMILES string of the molecule is Cc1ccc(C(C)(F)F)c(Br)c1[N+](=O)[O-]. The van der Waals surface area contributed by atoms with E-state index >= 15 is 0 Å². The Balaban J connectivity index is 3.49. The van der Waals surface area contributed by atoms with E-state index in [1.54, 1.807) is 0 Å². The molecule has 1 aromatic carbocycles. The number of nitro benzene ring substituents is 1. The molecular weight excluding hydrogens is 272 g/mol. The second kappa shape index (κ2) is 3.84. The lowest BCUT2D eigenvalue weighted by atomic mass is 10.1. The van der Waals surface area contributed by atoms with Gasteiger partial charge in [0.05, 0.1) is 4.92 Å². The highest BCUT2D eigenvalue weighted by Crippen LogP contribution is 2.39. The molecule has 15 heavy (non-hydrogen) atoms. The summed E-state index contributed by atoms with van der Waals surface area (Å²) < 4.78 is 25.9. The molecule has 0 aromatic heterocycles. The molecule has 0 bridgehead atoms. The normalized spacial score (nSPS) is 11.5. The Labute approximate surface area is 93.4 Å². The van der Waals surface area contributed by atoms with Crippen LogP contribution in [0.5, 0.6) is 0 Å². The van der Waals surface area contributed by atoms with E-state index in [4.69, 9.17) is 0 Å². The van der Waals surface area contributed by atoms with Crippen LogP contribution in [-0.2, 0) is 5.92 Å². The minimum absolute atomic E-state index is 0.153. The van der Waals surface area contributed by atoms with Gasteiger partial charge in [0.1, 0.15) is 4.47 Å². The maximum atomic E-state index is 13.0. The quantitative estimate of drug-likeness (QED) is 0.611. The van der Waals surface area contributed by atoms with Crippen LogP contribution in [0.25, 0.3) is 0 Å². The van der Waals surface area contributed by atoms with Crippen LogP contribution < -0.4 is 0 Å². The molecule has 82 valence electrons. The number of benzene rings is 1. The first-order valence-corrected chi connectivity index (χ1v) is 4.86. The number of hydrogen-bond donors (Lipinski definition) is 0. The summed E-state index contributed by atoms with van der Waals surface area (Å²) in [6.07, 6.45) is 0. The minimum atomic E-state index is -3.10. The number of nitro groups is 1. The van der Waals surface area contributed by atoms with Crippen LogP contribution in [0.15, 0.2) is 16.6 Å². The van der Waals surface area contributed by atoms with Crippen molar-refractivity contribution in [2.24, 2.45) is 0 Å². The molecular formula is C9H8BrF2NO2. The summed E-state index contributed by atoms with van der Waals surface area (Å²) in [6.45, 7) is 2.20. The van der Waals surface area contributed by atoms with Crippen LogP contribution in [0.1, 0.15) is 18.1 Å². The van der Waals surface area contributed by atoms with Crippen molar-refractivity contribution in [3.8, 4) is 0 Å². The van der Waals surface area contributed by atoms with Gasteiger partial charge in [-0.25, -0.2) is 8.78 Å². The van der Waals surface area contributed by atoms with E-state index in [-0.39, 0.29) is 15.7 Å². The maximum absolute atomic E-state index is 13.0. The van der Waals surface area contributed by atoms with Crippen molar-refractivity contribution in [3.05, 3.63) is 37.8 Å². The molecule has 0 aliphatic carbocycles. The van der Waals surface area contributed by atoms with Crippen molar-refractivity contribution in [3.63, 3.8) is 0 Å². The van der Waals surface area contributed by atoms with Crippen molar-refractivity contribution >= 4 is 21.6 Å². The second-order valence-corrected chi connectivity index (χ2v) is 4.03. The average Bonchev–Trinajstić information content (AvgIpc) is 2.00. The highest BCUT2D eigenvalue weighted by molar-refractivity contribution is 9.10. The van der Waals surface area contributed by atoms with Crippen LogP contribution in [0.3, 0.4) is 0 Å². The zero-order valence-corrected chi connectivity index (χ0v) is 9.64. The molecule has 0 unspecified atom stereocenters. The fourth-order valence-corrected chi connectivity index (χ4v) is 2.16. The third kappa shape index (κ3) is 2.31. The molecule has 0 saturated heterocycles. The Morgan fingerprint density at radius 2 is 2.00 bits per heavy atom. The van der Waals surface area contributed by atoms with E-state index in [1.165, 1.54) is 19.1 Å². The molecule has 0 N–H and O–H groups in total. The van der Waals surface area contributed by atoms with Gasteiger partial charge in [0.15, 0.2) is 0 Å². The predicted octanol–water partition coefficient (Wildman–Crippen LogP) is 3.78. The number of alkyl halides is 2. The largest absolute Gasteiger partial charge is 0.286 e. The van der Waals surface area contributed by atoms with Crippen LogP contribution in [0.2, 0.25) is 0 Å². The van der Waals surface area contributed by atoms with Gasteiger partial charge >= 0.3 is 0 Å². The lowest BCUT2D eigenvalue weighted by Crippen LogP contribution is -2.09. The Hall–Kier alpha value is -1.04. The third-order valence-electron chi connectivity index (χ3n) is 1.97. The Kier molecular flexibility index (Phi) is 3.08. The van der Waals surface area contributed by atoms with E-state index in [0.29, 0.717) is 12.5 Å². The lowest BCUT2D eigenvalue weighted by Gasteiger charge is -2.13. The average molecular weight is 280 g/mol. The Morgan fingerprint density at radius 1 is 1.47 bits per heavy atom. The summed E-state index contributed by atoms with van der Waals surface area (Å²) in [4.78, 5) is 9.98. The smallest absolute Gasteiger partial charge is 0.258 e. The number of aryl methyl sites for hydroxylation is 1. The summed E-state index contributed by atoms with van der Waals surface area (Å²) in [5.41, 5.74) is -0.339. The van der Waals surface area contributed by atoms with Crippen molar-refractivity contribution in [2.75, 3.05) is 0 Å². The third-order valence-corrected chi connectivity index (χ3v) is 2.78. The second-order valence-electron chi connectivity index (χ2n) is 3.24. The van der Waals surface area contributed by atoms with Crippen LogP contribution in [0, 0.1) is 17.0 Å². The van der Waals surface area contributed by atoms with Gasteiger partial charge in [-0.2, -0.15) is 0 Å². The van der Waals surface area contributed by atoms with Gasteiger partial charge in [-0.05, 0) is 22.9 Å². The molecule has 0 fully saturated rings. The van der Waals surface area contributed by atoms with Crippen molar-refractivity contribution < 1.29 is 13.7 Å². The first-order valence-electron chi connectivity index (χ1n) is 4.07. The fraction of sp³-hybridized carbons (Fsp3) is 0.333. The molecule has 0 aliphatic heterocycles. The number of hydrogen-bond acceptors (Lipinski definition) is 2. The molecule has 0 heterocycles. The first-order chi connectivity index (χ1) is 6.75. The van der Waals surface area contributed by atoms with Crippen LogP contribution in [0.4, 0.5) is 14.5 Å². The van der Waals surface area contributed by atoms with Gasteiger partial charge in [-0.3, -0.25) is 10.1 Å². The summed E-state index contributed by atoms with van der Waals surface area (Å²) in [5, 5.41) is 10.7. The lowest BCUT2D eigenvalue weighted by molar-refractivity contribution is -0.386. The molecule has 0 atom stereocenters. The monoisotopic (exact) mass is 279 g/mol. The van der Waals surface area contributed by atoms with Gasteiger partial charge in [0.2, 0.25) is 0 Å². The Morgan fingerprint density at radius 3 is 2.40 bits per heavy atom. The Bertz CT molecular complexity index is 415. The van der Waals surface area contributed by atoms with Crippen LogP contribution >= 0.6 is 15.9 Å².